The smallest absolute Gasteiger partial charge is 0.410 e. The number of carbonyl (C=O) groups excluding carboxylic acids is 4. The Morgan fingerprint density at radius 2 is 1.82 bits per heavy atom. The number of hydrogen-bond donors (Lipinski definition) is 2. The number of benzene rings is 2. The highest BCUT2D eigenvalue weighted by Gasteiger charge is 2.58. The molecule has 2 aromatic rings. The number of nitrogens with two attached hydrogens (primary N) is 1. The molecule has 0 bridgehead atoms. The number of fused-ring (bicyclic) bond motifs is 2. The number of nitrogens with one attached hydrogen (secondary N) is 1. The van der Waals surface area contributed by atoms with Crippen LogP contribution in [0.4, 0.5) is 10.5 Å². The number of rotatable bonds is 9. The Morgan fingerprint density at radius 1 is 1.13 bits per heavy atom. The van der Waals surface area contributed by atoms with Gasteiger partial charge in [-0.05, 0) is 42.4 Å². The highest BCUT2D eigenvalue weighted by molar-refractivity contribution is 6.08. The van der Waals surface area contributed by atoms with Gasteiger partial charge in [-0.3, -0.25) is 19.3 Å². The van der Waals surface area contributed by atoms with Gasteiger partial charge >= 0.3 is 6.09 Å². The molecule has 1 fully saturated rings. The summed E-state index contributed by atoms with van der Waals surface area (Å²) in [4.78, 5) is 56.2. The highest BCUT2D eigenvalue weighted by Crippen LogP contribution is 2.46. The maximum Gasteiger partial charge on any atom is 0.410 e. The molecule has 0 aromatic heterocycles. The first-order valence-corrected chi connectivity index (χ1v) is 13.2. The van der Waals surface area contributed by atoms with Crippen molar-refractivity contribution in [2.45, 2.75) is 64.1 Å². The Bertz CT molecular complexity index is 1200. The molecule has 3 atom stereocenters. The van der Waals surface area contributed by atoms with Gasteiger partial charge in [0.1, 0.15) is 18.7 Å². The second kappa shape index (κ2) is 11.2. The topological polar surface area (TPSA) is 122 Å². The number of ether oxygens (including phenoxy) is 1. The Kier molecular flexibility index (Phi) is 8.04. The lowest BCUT2D eigenvalue weighted by atomic mass is 9.79. The first kappa shape index (κ1) is 27.2. The molecule has 2 heterocycles. The van der Waals surface area contributed by atoms with E-state index in [-0.39, 0.29) is 31.4 Å². The maximum atomic E-state index is 14.2. The Labute approximate surface area is 223 Å². The summed E-state index contributed by atoms with van der Waals surface area (Å²) in [6.45, 7) is 6.26. The molecule has 1 spiro atoms. The van der Waals surface area contributed by atoms with Crippen LogP contribution in [0.2, 0.25) is 0 Å². The number of anilines is 1. The van der Waals surface area contributed by atoms with Gasteiger partial charge in [0.25, 0.3) is 0 Å². The second-order valence-electron chi connectivity index (χ2n) is 10.5. The molecule has 0 radical (unpaired) electrons. The van der Waals surface area contributed by atoms with Crippen LogP contribution < -0.4 is 11.1 Å². The average Bonchev–Trinajstić information content (AvgIpc) is 3.44. The van der Waals surface area contributed by atoms with Crippen LogP contribution in [0.5, 0.6) is 0 Å². The van der Waals surface area contributed by atoms with E-state index in [4.69, 9.17) is 10.5 Å². The molecule has 202 valence electrons. The Hall–Kier alpha value is -3.88. The molecular formula is C29H36N4O5. The summed E-state index contributed by atoms with van der Waals surface area (Å²) in [5.41, 5.74) is 6.97. The molecule has 2 aliphatic heterocycles. The normalized spacial score (nSPS) is 20.8. The van der Waals surface area contributed by atoms with E-state index in [2.05, 4.69) is 5.32 Å². The first-order valence-electron chi connectivity index (χ1n) is 13.2. The van der Waals surface area contributed by atoms with Crippen molar-refractivity contribution >= 4 is 29.5 Å². The number of amides is 4. The number of para-hydroxylation sites is 1. The third-order valence-electron chi connectivity index (χ3n) is 7.36. The minimum atomic E-state index is -1.07. The van der Waals surface area contributed by atoms with Gasteiger partial charge in [-0.2, -0.15) is 0 Å². The number of likely N-dealkylation sites (tertiary alicyclic amines) is 1. The van der Waals surface area contributed by atoms with Crippen LogP contribution in [0.25, 0.3) is 0 Å². The monoisotopic (exact) mass is 520 g/mol. The molecule has 3 N–H and O–H groups in total. The number of primary amides is 1. The highest BCUT2D eigenvalue weighted by atomic mass is 16.6. The lowest BCUT2D eigenvalue weighted by molar-refractivity contribution is -0.142. The van der Waals surface area contributed by atoms with Gasteiger partial charge in [0, 0.05) is 18.8 Å². The quantitative estimate of drug-likeness (QED) is 0.525. The molecule has 1 saturated heterocycles. The van der Waals surface area contributed by atoms with Crippen LogP contribution in [0, 0.1) is 5.92 Å². The summed E-state index contributed by atoms with van der Waals surface area (Å²) >= 11 is 0. The maximum absolute atomic E-state index is 14.2. The van der Waals surface area contributed by atoms with Crippen molar-refractivity contribution in [3.8, 4) is 0 Å². The Morgan fingerprint density at radius 3 is 2.47 bits per heavy atom. The zero-order valence-corrected chi connectivity index (χ0v) is 22.2. The van der Waals surface area contributed by atoms with Crippen molar-refractivity contribution < 1.29 is 23.9 Å². The Balaban J connectivity index is 1.63. The van der Waals surface area contributed by atoms with Crippen molar-refractivity contribution in [3.05, 3.63) is 65.7 Å². The summed E-state index contributed by atoms with van der Waals surface area (Å²) in [5.74, 6) is -1.26. The summed E-state index contributed by atoms with van der Waals surface area (Å²) in [5, 5.41) is 2.89. The molecule has 2 aromatic carbocycles. The van der Waals surface area contributed by atoms with Crippen LogP contribution >= 0.6 is 0 Å². The number of hydrogen-bond acceptors (Lipinski definition) is 5. The predicted octanol–water partition coefficient (Wildman–Crippen LogP) is 3.43. The van der Waals surface area contributed by atoms with Crippen molar-refractivity contribution in [1.29, 1.82) is 0 Å². The zero-order chi connectivity index (χ0) is 27.4. The number of carbonyl (C=O) groups is 4. The van der Waals surface area contributed by atoms with Gasteiger partial charge in [-0.15, -0.1) is 0 Å². The van der Waals surface area contributed by atoms with Crippen molar-refractivity contribution in [2.75, 3.05) is 18.4 Å². The fourth-order valence-corrected chi connectivity index (χ4v) is 5.54. The molecule has 4 rings (SSSR count). The van der Waals surface area contributed by atoms with E-state index >= 15 is 0 Å². The fourth-order valence-electron chi connectivity index (χ4n) is 5.54. The van der Waals surface area contributed by atoms with E-state index in [9.17, 15) is 19.2 Å². The second-order valence-corrected chi connectivity index (χ2v) is 10.5. The summed E-state index contributed by atoms with van der Waals surface area (Å²) in [7, 11) is 0. The third-order valence-corrected chi connectivity index (χ3v) is 7.36. The van der Waals surface area contributed by atoms with Crippen LogP contribution in [0.3, 0.4) is 0 Å². The lowest BCUT2D eigenvalue weighted by Gasteiger charge is -2.35. The van der Waals surface area contributed by atoms with Gasteiger partial charge in [-0.1, -0.05) is 69.3 Å². The third kappa shape index (κ3) is 5.23. The van der Waals surface area contributed by atoms with E-state index in [0.29, 0.717) is 25.1 Å². The molecule has 4 amide bonds. The SMILES string of the molecule is CCCN(C(=O)OCc1ccccc1)C(CC(C)C)C(=O)N1C[C@]2(C[C@H]1C(N)=O)C(=O)Nc1ccccc12. The van der Waals surface area contributed by atoms with Crippen LogP contribution in [0.1, 0.15) is 51.2 Å². The summed E-state index contributed by atoms with van der Waals surface area (Å²) in [6.07, 6.45) is 0.485. The van der Waals surface area contributed by atoms with Crippen LogP contribution in [-0.4, -0.2) is 58.8 Å². The average molecular weight is 521 g/mol. The van der Waals surface area contributed by atoms with Crippen LogP contribution in [-0.2, 0) is 31.1 Å². The lowest BCUT2D eigenvalue weighted by Crippen LogP contribution is -2.55. The van der Waals surface area contributed by atoms with Crippen molar-refractivity contribution in [1.82, 2.24) is 9.80 Å². The predicted molar refractivity (Wildman–Crippen MR) is 143 cm³/mol. The number of nitrogens with zero attached hydrogens (tertiary/aromatic N) is 2. The largest absolute Gasteiger partial charge is 0.445 e. The minimum Gasteiger partial charge on any atom is -0.445 e. The molecule has 0 aliphatic carbocycles. The van der Waals surface area contributed by atoms with Gasteiger partial charge in [-0.25, -0.2) is 4.79 Å². The van der Waals surface area contributed by atoms with Gasteiger partial charge in [0.05, 0.1) is 5.41 Å². The van der Waals surface area contributed by atoms with Crippen molar-refractivity contribution in [3.63, 3.8) is 0 Å². The summed E-state index contributed by atoms with van der Waals surface area (Å²) < 4.78 is 5.61. The van der Waals surface area contributed by atoms with Crippen molar-refractivity contribution in [2.24, 2.45) is 11.7 Å². The molecular weight excluding hydrogens is 484 g/mol. The van der Waals surface area contributed by atoms with E-state index < -0.39 is 35.4 Å². The first-order chi connectivity index (χ1) is 18.2. The van der Waals surface area contributed by atoms with E-state index in [1.54, 1.807) is 6.07 Å². The molecule has 1 unspecified atom stereocenters. The molecule has 38 heavy (non-hydrogen) atoms. The summed E-state index contributed by atoms with van der Waals surface area (Å²) in [6, 6.07) is 14.8. The van der Waals surface area contributed by atoms with Gasteiger partial charge in [0.2, 0.25) is 17.7 Å². The standard InChI is InChI=1S/C29H36N4O5/c1-4-14-32(28(37)38-17-20-10-6-5-7-11-20)23(15-19(2)3)26(35)33-18-29(16-24(33)25(30)34)21-12-8-9-13-22(21)31-27(29)36/h5-13,19,23-24H,4,14-18H2,1-3H3,(H2,30,34)(H,31,36)/t23?,24-,29-/m0/s1. The molecule has 2 aliphatic rings. The fraction of sp³-hybridized carbons (Fsp3) is 0.448. The van der Waals surface area contributed by atoms with E-state index in [0.717, 1.165) is 11.1 Å². The molecule has 9 heteroatoms. The van der Waals surface area contributed by atoms with E-state index in [1.807, 2.05) is 69.3 Å². The zero-order valence-electron chi connectivity index (χ0n) is 22.2. The van der Waals surface area contributed by atoms with Gasteiger partial charge in [0.15, 0.2) is 0 Å². The van der Waals surface area contributed by atoms with Crippen LogP contribution in [0.15, 0.2) is 54.6 Å². The minimum absolute atomic E-state index is 0.00983. The molecule has 9 nitrogen and oxygen atoms in total. The van der Waals surface area contributed by atoms with Gasteiger partial charge < -0.3 is 20.7 Å². The molecule has 0 saturated carbocycles. The van der Waals surface area contributed by atoms with E-state index in [1.165, 1.54) is 9.80 Å².